The fourth-order valence-corrected chi connectivity index (χ4v) is 1.28. The predicted octanol–water partition coefficient (Wildman–Crippen LogP) is 2.54. The van der Waals surface area contributed by atoms with Gasteiger partial charge in [-0.2, -0.15) is 13.2 Å². The van der Waals surface area contributed by atoms with Crippen molar-refractivity contribution in [3.63, 3.8) is 0 Å². The van der Waals surface area contributed by atoms with E-state index in [1.54, 1.807) is 0 Å². The summed E-state index contributed by atoms with van der Waals surface area (Å²) in [5.74, 6) is -2.60. The van der Waals surface area contributed by atoms with E-state index < -0.39 is 17.9 Å². The van der Waals surface area contributed by atoms with E-state index >= 15 is 0 Å². The van der Waals surface area contributed by atoms with E-state index in [0.29, 0.717) is 0 Å². The molecule has 0 saturated carbocycles. The van der Waals surface area contributed by atoms with Crippen LogP contribution in [0.5, 0.6) is 0 Å². The molecule has 0 aliphatic heterocycles. The van der Waals surface area contributed by atoms with Crippen LogP contribution in [0.15, 0.2) is 22.7 Å². The zero-order chi connectivity index (χ0) is 11.9. The predicted molar refractivity (Wildman–Crippen MR) is 46.0 cm³/mol. The molecule has 2 aromatic rings. The van der Waals surface area contributed by atoms with E-state index in [1.807, 2.05) is 0 Å². The number of fused-ring (bicyclic) bond motifs is 1. The van der Waals surface area contributed by atoms with Crippen molar-refractivity contribution in [3.8, 4) is 0 Å². The van der Waals surface area contributed by atoms with E-state index in [4.69, 9.17) is 5.11 Å². The van der Waals surface area contributed by atoms with Crippen molar-refractivity contribution in [1.29, 1.82) is 0 Å². The molecule has 1 aromatic carbocycles. The summed E-state index contributed by atoms with van der Waals surface area (Å²) in [7, 11) is 0. The Morgan fingerprint density at radius 3 is 2.62 bits per heavy atom. The van der Waals surface area contributed by atoms with E-state index in [9.17, 15) is 18.0 Å². The number of hydrogen-bond donors (Lipinski definition) is 1. The molecule has 0 fully saturated rings. The minimum Gasteiger partial charge on any atom is -0.478 e. The number of nitrogens with zero attached hydrogens (tertiary/aromatic N) is 1. The standard InChI is InChI=1S/C9H4F3NO3/c10-9(11,12)7-5-3-4(8(14)15)1-2-6(5)13-16-7/h1-3H,(H,14,15). The van der Waals surface area contributed by atoms with Crippen LogP contribution in [0.1, 0.15) is 16.1 Å². The lowest BCUT2D eigenvalue weighted by Gasteiger charge is -2.00. The quantitative estimate of drug-likeness (QED) is 0.819. The third kappa shape index (κ3) is 1.60. The first-order valence-electron chi connectivity index (χ1n) is 4.09. The number of halogens is 3. The second-order valence-corrected chi connectivity index (χ2v) is 3.05. The Hall–Kier alpha value is -2.05. The maximum absolute atomic E-state index is 12.4. The van der Waals surface area contributed by atoms with Crippen molar-refractivity contribution in [1.82, 2.24) is 5.16 Å². The molecule has 84 valence electrons. The van der Waals surface area contributed by atoms with Gasteiger partial charge in [-0.1, -0.05) is 5.16 Å². The summed E-state index contributed by atoms with van der Waals surface area (Å²) >= 11 is 0. The van der Waals surface area contributed by atoms with E-state index in [0.717, 1.165) is 18.2 Å². The Kier molecular flexibility index (Phi) is 2.11. The molecule has 4 nitrogen and oxygen atoms in total. The molecule has 1 aromatic heterocycles. The van der Waals surface area contributed by atoms with Crippen molar-refractivity contribution in [2.75, 3.05) is 0 Å². The minimum atomic E-state index is -4.69. The highest BCUT2D eigenvalue weighted by Crippen LogP contribution is 2.34. The normalized spacial score (nSPS) is 11.9. The molecule has 0 saturated heterocycles. The van der Waals surface area contributed by atoms with Crippen LogP contribution >= 0.6 is 0 Å². The second kappa shape index (κ2) is 3.22. The van der Waals surface area contributed by atoms with Gasteiger partial charge in [0.15, 0.2) is 0 Å². The first-order chi connectivity index (χ1) is 7.39. The average molecular weight is 231 g/mol. The number of carboxylic acids is 1. The van der Waals surface area contributed by atoms with Crippen molar-refractivity contribution >= 4 is 16.9 Å². The molecule has 2 rings (SSSR count). The molecular formula is C9H4F3NO3. The summed E-state index contributed by atoms with van der Waals surface area (Å²) in [6, 6.07) is 3.21. The SMILES string of the molecule is O=C(O)c1ccc2noc(C(F)(F)F)c2c1. The molecule has 0 radical (unpaired) electrons. The molecular weight excluding hydrogens is 227 g/mol. The van der Waals surface area contributed by atoms with Gasteiger partial charge in [0.2, 0.25) is 5.76 Å². The van der Waals surface area contributed by atoms with Gasteiger partial charge >= 0.3 is 12.1 Å². The number of aromatic nitrogens is 1. The smallest absolute Gasteiger partial charge is 0.453 e. The third-order valence-electron chi connectivity index (χ3n) is 1.98. The van der Waals surface area contributed by atoms with Gasteiger partial charge in [-0.3, -0.25) is 0 Å². The van der Waals surface area contributed by atoms with Gasteiger partial charge in [-0.15, -0.1) is 0 Å². The first-order valence-corrected chi connectivity index (χ1v) is 4.09. The number of hydrogen-bond acceptors (Lipinski definition) is 3. The minimum absolute atomic E-state index is 0.0303. The van der Waals surface area contributed by atoms with Crippen molar-refractivity contribution in [3.05, 3.63) is 29.5 Å². The van der Waals surface area contributed by atoms with Crippen molar-refractivity contribution in [2.24, 2.45) is 0 Å². The van der Waals surface area contributed by atoms with Gasteiger partial charge in [-0.25, -0.2) is 4.79 Å². The molecule has 0 atom stereocenters. The van der Waals surface area contributed by atoms with Crippen LogP contribution in [-0.4, -0.2) is 16.2 Å². The average Bonchev–Trinajstić information content (AvgIpc) is 2.58. The van der Waals surface area contributed by atoms with Crippen LogP contribution in [0.25, 0.3) is 10.9 Å². The lowest BCUT2D eigenvalue weighted by atomic mass is 10.1. The van der Waals surface area contributed by atoms with E-state index in [2.05, 4.69) is 9.68 Å². The number of benzene rings is 1. The Morgan fingerprint density at radius 2 is 2.06 bits per heavy atom. The third-order valence-corrected chi connectivity index (χ3v) is 1.98. The molecule has 16 heavy (non-hydrogen) atoms. The number of carboxylic acid groups (broad SMARTS) is 1. The Labute approximate surface area is 86.3 Å². The monoisotopic (exact) mass is 231 g/mol. The number of alkyl halides is 3. The molecule has 1 heterocycles. The molecule has 0 amide bonds. The zero-order valence-electron chi connectivity index (χ0n) is 7.58. The fourth-order valence-electron chi connectivity index (χ4n) is 1.28. The molecule has 0 unspecified atom stereocenters. The highest BCUT2D eigenvalue weighted by molar-refractivity contribution is 5.93. The maximum Gasteiger partial charge on any atom is 0.453 e. The maximum atomic E-state index is 12.4. The van der Waals surface area contributed by atoms with Gasteiger partial charge < -0.3 is 9.63 Å². The van der Waals surface area contributed by atoms with E-state index in [-0.39, 0.29) is 16.5 Å². The second-order valence-electron chi connectivity index (χ2n) is 3.05. The molecule has 0 spiro atoms. The highest BCUT2D eigenvalue weighted by Gasteiger charge is 2.38. The zero-order valence-corrected chi connectivity index (χ0v) is 7.58. The molecule has 1 N–H and O–H groups in total. The molecule has 7 heteroatoms. The van der Waals surface area contributed by atoms with E-state index in [1.165, 1.54) is 0 Å². The lowest BCUT2D eigenvalue weighted by molar-refractivity contribution is -0.154. The highest BCUT2D eigenvalue weighted by atomic mass is 19.4. The van der Waals surface area contributed by atoms with Crippen molar-refractivity contribution in [2.45, 2.75) is 6.18 Å². The number of aromatic carboxylic acids is 1. The summed E-state index contributed by atoms with van der Waals surface area (Å²) < 4.78 is 41.4. The first kappa shape index (κ1) is 10.5. The van der Waals surface area contributed by atoms with Crippen LogP contribution in [0.3, 0.4) is 0 Å². The summed E-state index contributed by atoms with van der Waals surface area (Å²) in [5.41, 5.74) is -0.279. The Balaban J connectivity index is 2.70. The van der Waals surface area contributed by atoms with Crippen LogP contribution in [0, 0.1) is 0 Å². The van der Waals surface area contributed by atoms with Crippen LogP contribution in [-0.2, 0) is 6.18 Å². The van der Waals surface area contributed by atoms with Gasteiger partial charge in [0, 0.05) is 0 Å². The van der Waals surface area contributed by atoms with Gasteiger partial charge in [-0.05, 0) is 18.2 Å². The summed E-state index contributed by atoms with van der Waals surface area (Å²) in [5, 5.41) is 11.5. The topological polar surface area (TPSA) is 63.3 Å². The summed E-state index contributed by atoms with van der Waals surface area (Å²) in [4.78, 5) is 10.6. The largest absolute Gasteiger partial charge is 0.478 e. The van der Waals surface area contributed by atoms with Gasteiger partial charge in [0.1, 0.15) is 5.52 Å². The van der Waals surface area contributed by atoms with Crippen LogP contribution in [0.2, 0.25) is 0 Å². The van der Waals surface area contributed by atoms with Gasteiger partial charge in [0.25, 0.3) is 0 Å². The summed E-state index contributed by atoms with van der Waals surface area (Å²) in [6.07, 6.45) is -4.69. The number of carbonyl (C=O) groups is 1. The molecule has 0 bridgehead atoms. The fraction of sp³-hybridized carbons (Fsp3) is 0.111. The Morgan fingerprint density at radius 1 is 1.38 bits per heavy atom. The van der Waals surface area contributed by atoms with Crippen LogP contribution in [0.4, 0.5) is 13.2 Å². The van der Waals surface area contributed by atoms with Crippen molar-refractivity contribution < 1.29 is 27.6 Å². The van der Waals surface area contributed by atoms with Crippen LogP contribution < -0.4 is 0 Å². The number of rotatable bonds is 1. The molecule has 0 aliphatic carbocycles. The van der Waals surface area contributed by atoms with Gasteiger partial charge in [0.05, 0.1) is 10.9 Å². The molecule has 0 aliphatic rings. The Bertz CT molecular complexity index is 559. The summed E-state index contributed by atoms with van der Waals surface area (Å²) in [6.45, 7) is 0. The lowest BCUT2D eigenvalue weighted by Crippen LogP contribution is -2.04.